The highest BCUT2D eigenvalue weighted by Crippen LogP contribution is 2.14. The zero-order chi connectivity index (χ0) is 15.5. The molecule has 0 radical (unpaired) electrons. The van der Waals surface area contributed by atoms with Crippen LogP contribution in [0.1, 0.15) is 12.0 Å². The summed E-state index contributed by atoms with van der Waals surface area (Å²) in [6.45, 7) is 0. The molecule has 0 bridgehead atoms. The first-order chi connectivity index (χ1) is 10.6. The molecule has 0 saturated heterocycles. The Labute approximate surface area is 124 Å². The van der Waals surface area contributed by atoms with E-state index < -0.39 is 11.6 Å². The molecule has 3 rings (SSSR count). The monoisotopic (exact) mass is 300 g/mol. The molecule has 112 valence electrons. The van der Waals surface area contributed by atoms with Crippen LogP contribution in [-0.4, -0.2) is 10.9 Å². The van der Waals surface area contributed by atoms with Crippen LogP contribution < -0.4 is 11.1 Å². The fraction of sp³-hybridized carbons (Fsp3) is 0.125. The molecule has 0 aliphatic heterocycles. The third-order valence-electron chi connectivity index (χ3n) is 3.23. The Morgan fingerprint density at radius 2 is 2.09 bits per heavy atom. The van der Waals surface area contributed by atoms with E-state index in [0.29, 0.717) is 23.2 Å². The number of fused-ring (bicyclic) bond motifs is 1. The standard InChI is InChI=1S/C16H13FN2O3/c17-11-2-1-3-12(9-11)18-15(20)7-5-10-4-6-14-13(8-10)19-16(21)22-14/h1-4,6,8-9H,5,7H2,(H,18,20)(H,19,21). The molecule has 22 heavy (non-hydrogen) atoms. The number of nitrogens with one attached hydrogen (secondary N) is 2. The first-order valence-electron chi connectivity index (χ1n) is 6.77. The topological polar surface area (TPSA) is 75.1 Å². The lowest BCUT2D eigenvalue weighted by atomic mass is 10.1. The Bertz CT molecular complexity index is 882. The molecule has 1 aromatic heterocycles. The van der Waals surface area contributed by atoms with Crippen molar-refractivity contribution in [3.05, 3.63) is 64.4 Å². The molecular weight excluding hydrogens is 287 g/mol. The predicted octanol–water partition coefficient (Wildman–Crippen LogP) is 2.83. The van der Waals surface area contributed by atoms with Gasteiger partial charge in [0.2, 0.25) is 5.91 Å². The van der Waals surface area contributed by atoms with Gasteiger partial charge < -0.3 is 9.73 Å². The number of oxazole rings is 1. The maximum Gasteiger partial charge on any atom is 0.417 e. The summed E-state index contributed by atoms with van der Waals surface area (Å²) < 4.78 is 17.9. The average Bonchev–Trinajstić information content (AvgIpc) is 2.84. The number of aromatic nitrogens is 1. The lowest BCUT2D eigenvalue weighted by molar-refractivity contribution is -0.116. The maximum absolute atomic E-state index is 13.0. The predicted molar refractivity (Wildman–Crippen MR) is 80.2 cm³/mol. The van der Waals surface area contributed by atoms with Crippen molar-refractivity contribution >= 4 is 22.7 Å². The molecule has 5 nitrogen and oxygen atoms in total. The summed E-state index contributed by atoms with van der Waals surface area (Å²) in [6.07, 6.45) is 0.758. The highest BCUT2D eigenvalue weighted by atomic mass is 19.1. The molecule has 0 unspecified atom stereocenters. The van der Waals surface area contributed by atoms with Gasteiger partial charge in [-0.25, -0.2) is 9.18 Å². The third kappa shape index (κ3) is 3.22. The Hall–Kier alpha value is -2.89. The number of halogens is 1. The Kier molecular flexibility index (Phi) is 3.74. The van der Waals surface area contributed by atoms with Crippen molar-refractivity contribution < 1.29 is 13.6 Å². The number of amides is 1. The zero-order valence-corrected chi connectivity index (χ0v) is 11.6. The highest BCUT2D eigenvalue weighted by molar-refractivity contribution is 5.90. The minimum Gasteiger partial charge on any atom is -0.408 e. The van der Waals surface area contributed by atoms with Crippen molar-refractivity contribution in [2.24, 2.45) is 0 Å². The van der Waals surface area contributed by atoms with Gasteiger partial charge in [-0.2, -0.15) is 0 Å². The van der Waals surface area contributed by atoms with E-state index in [1.54, 1.807) is 24.3 Å². The van der Waals surface area contributed by atoms with Gasteiger partial charge in [-0.05, 0) is 42.3 Å². The molecule has 2 N–H and O–H groups in total. The molecule has 1 heterocycles. The van der Waals surface area contributed by atoms with Crippen LogP contribution in [-0.2, 0) is 11.2 Å². The number of carbonyl (C=O) groups is 1. The van der Waals surface area contributed by atoms with Crippen molar-refractivity contribution in [3.8, 4) is 0 Å². The second-order valence-electron chi connectivity index (χ2n) is 4.90. The van der Waals surface area contributed by atoms with Crippen LogP contribution in [0.25, 0.3) is 11.1 Å². The van der Waals surface area contributed by atoms with Gasteiger partial charge in [-0.3, -0.25) is 9.78 Å². The van der Waals surface area contributed by atoms with E-state index in [0.717, 1.165) is 5.56 Å². The number of aromatic amines is 1. The van der Waals surface area contributed by atoms with Gasteiger partial charge in [0.15, 0.2) is 5.58 Å². The van der Waals surface area contributed by atoms with Gasteiger partial charge in [0.05, 0.1) is 5.52 Å². The second-order valence-corrected chi connectivity index (χ2v) is 4.90. The van der Waals surface area contributed by atoms with E-state index in [1.165, 1.54) is 18.2 Å². The fourth-order valence-electron chi connectivity index (χ4n) is 2.20. The molecule has 1 amide bonds. The molecule has 0 spiro atoms. The molecule has 6 heteroatoms. The molecule has 0 saturated carbocycles. The van der Waals surface area contributed by atoms with Crippen LogP contribution in [0, 0.1) is 5.82 Å². The first kappa shape index (κ1) is 14.1. The summed E-state index contributed by atoms with van der Waals surface area (Å²) in [5, 5.41) is 2.64. The number of hydrogen-bond donors (Lipinski definition) is 2. The summed E-state index contributed by atoms with van der Waals surface area (Å²) >= 11 is 0. The summed E-state index contributed by atoms with van der Waals surface area (Å²) in [6, 6.07) is 11.0. The van der Waals surface area contributed by atoms with Crippen molar-refractivity contribution in [2.45, 2.75) is 12.8 Å². The number of aryl methyl sites for hydroxylation is 1. The van der Waals surface area contributed by atoms with Crippen molar-refractivity contribution in [1.29, 1.82) is 0 Å². The van der Waals surface area contributed by atoms with E-state index in [-0.39, 0.29) is 12.3 Å². The highest BCUT2D eigenvalue weighted by Gasteiger charge is 2.06. The Morgan fingerprint density at radius 1 is 1.23 bits per heavy atom. The smallest absolute Gasteiger partial charge is 0.408 e. The normalized spacial score (nSPS) is 10.8. The van der Waals surface area contributed by atoms with E-state index in [4.69, 9.17) is 4.42 Å². The van der Waals surface area contributed by atoms with Crippen molar-refractivity contribution in [1.82, 2.24) is 4.98 Å². The first-order valence-corrected chi connectivity index (χ1v) is 6.77. The summed E-state index contributed by atoms with van der Waals surface area (Å²) in [5.41, 5.74) is 2.42. The molecule has 0 aliphatic rings. The van der Waals surface area contributed by atoms with E-state index in [9.17, 15) is 14.0 Å². The van der Waals surface area contributed by atoms with Gasteiger partial charge >= 0.3 is 5.76 Å². The fourth-order valence-corrected chi connectivity index (χ4v) is 2.20. The molecule has 3 aromatic rings. The number of benzene rings is 2. The summed E-state index contributed by atoms with van der Waals surface area (Å²) in [7, 11) is 0. The van der Waals surface area contributed by atoms with Gasteiger partial charge in [0, 0.05) is 12.1 Å². The van der Waals surface area contributed by atoms with Crippen LogP contribution in [0.2, 0.25) is 0 Å². The van der Waals surface area contributed by atoms with Crippen LogP contribution in [0.5, 0.6) is 0 Å². The van der Waals surface area contributed by atoms with Crippen LogP contribution in [0.3, 0.4) is 0 Å². The minimum absolute atomic E-state index is 0.202. The van der Waals surface area contributed by atoms with Crippen molar-refractivity contribution in [2.75, 3.05) is 5.32 Å². The average molecular weight is 300 g/mol. The number of carbonyl (C=O) groups excluding carboxylic acids is 1. The van der Waals surface area contributed by atoms with Gasteiger partial charge in [-0.1, -0.05) is 12.1 Å². The van der Waals surface area contributed by atoms with Gasteiger partial charge in [0.25, 0.3) is 0 Å². The van der Waals surface area contributed by atoms with Crippen LogP contribution in [0.4, 0.5) is 10.1 Å². The number of rotatable bonds is 4. The SMILES string of the molecule is O=C(CCc1ccc2oc(=O)[nH]c2c1)Nc1cccc(F)c1. The second kappa shape index (κ2) is 5.85. The van der Waals surface area contributed by atoms with Gasteiger partial charge in [0.1, 0.15) is 5.82 Å². The lowest BCUT2D eigenvalue weighted by Crippen LogP contribution is -2.12. The maximum atomic E-state index is 13.0. The quantitative estimate of drug-likeness (QED) is 0.778. The lowest BCUT2D eigenvalue weighted by Gasteiger charge is -2.05. The minimum atomic E-state index is -0.504. The molecular formula is C16H13FN2O3. The molecule has 0 atom stereocenters. The molecule has 0 fully saturated rings. The number of hydrogen-bond acceptors (Lipinski definition) is 3. The largest absolute Gasteiger partial charge is 0.417 e. The van der Waals surface area contributed by atoms with Crippen molar-refractivity contribution in [3.63, 3.8) is 0 Å². The van der Waals surface area contributed by atoms with E-state index in [2.05, 4.69) is 10.3 Å². The Balaban J connectivity index is 1.63. The number of H-pyrrole nitrogens is 1. The summed E-state index contributed by atoms with van der Waals surface area (Å²) in [4.78, 5) is 25.5. The Morgan fingerprint density at radius 3 is 2.91 bits per heavy atom. The van der Waals surface area contributed by atoms with Crippen LogP contribution in [0.15, 0.2) is 51.7 Å². The van der Waals surface area contributed by atoms with E-state index in [1.807, 2.05) is 0 Å². The zero-order valence-electron chi connectivity index (χ0n) is 11.6. The molecule has 2 aromatic carbocycles. The van der Waals surface area contributed by atoms with Crippen LogP contribution >= 0.6 is 0 Å². The number of anilines is 1. The van der Waals surface area contributed by atoms with Gasteiger partial charge in [-0.15, -0.1) is 0 Å². The third-order valence-corrected chi connectivity index (χ3v) is 3.23. The molecule has 0 aliphatic carbocycles. The summed E-state index contributed by atoms with van der Waals surface area (Å²) in [5.74, 6) is -1.10. The van der Waals surface area contributed by atoms with E-state index >= 15 is 0 Å².